The number of hydrogen-bond acceptors (Lipinski definition) is 7. The van der Waals surface area contributed by atoms with Gasteiger partial charge < -0.3 is 19.1 Å². The highest BCUT2D eigenvalue weighted by Gasteiger charge is 2.36. The lowest BCUT2D eigenvalue weighted by Gasteiger charge is -2.15. The highest BCUT2D eigenvalue weighted by Crippen LogP contribution is 2.42. The van der Waals surface area contributed by atoms with E-state index in [0.29, 0.717) is 45.5 Å². The largest absolute Gasteiger partial charge is 0.497 e. The molecule has 0 fully saturated rings. The van der Waals surface area contributed by atoms with Gasteiger partial charge in [-0.25, -0.2) is 17.2 Å². The van der Waals surface area contributed by atoms with E-state index in [-0.39, 0.29) is 28.4 Å². The zero-order chi connectivity index (χ0) is 28.9. The Bertz CT molecular complexity index is 1950. The molecule has 0 unspecified atom stereocenters. The Kier molecular flexibility index (Phi) is 6.42. The van der Waals surface area contributed by atoms with Crippen LogP contribution < -0.4 is 9.47 Å². The van der Waals surface area contributed by atoms with E-state index in [4.69, 9.17) is 14.2 Å². The molecule has 1 amide bonds. The predicted octanol–water partition coefficient (Wildman–Crippen LogP) is 4.99. The normalized spacial score (nSPS) is 13.0. The summed E-state index contributed by atoms with van der Waals surface area (Å²) in [6.45, 7) is 0.611. The molecule has 0 saturated carbocycles. The Morgan fingerprint density at radius 2 is 1.56 bits per heavy atom. The molecule has 0 spiro atoms. The number of fused-ring (bicyclic) bond motifs is 5. The second-order valence-electron chi connectivity index (χ2n) is 9.65. The van der Waals surface area contributed by atoms with Crippen LogP contribution in [0.2, 0.25) is 0 Å². The van der Waals surface area contributed by atoms with Crippen LogP contribution in [0, 0.1) is 0 Å². The van der Waals surface area contributed by atoms with E-state index in [1.54, 1.807) is 41.3 Å². The third-order valence-electron chi connectivity index (χ3n) is 7.36. The van der Waals surface area contributed by atoms with Gasteiger partial charge in [0.05, 0.1) is 48.4 Å². The summed E-state index contributed by atoms with van der Waals surface area (Å²) < 4.78 is 45.4. The van der Waals surface area contributed by atoms with Gasteiger partial charge in [0.15, 0.2) is 0 Å². The Morgan fingerprint density at radius 1 is 0.878 bits per heavy atom. The summed E-state index contributed by atoms with van der Waals surface area (Å²) in [5.74, 6) is -0.00280. The van der Waals surface area contributed by atoms with E-state index in [0.717, 1.165) is 9.54 Å². The number of ether oxygens (including phenoxy) is 3. The summed E-state index contributed by atoms with van der Waals surface area (Å²) in [6.07, 6.45) is 0. The maximum atomic E-state index is 14.3. The zero-order valence-corrected chi connectivity index (χ0v) is 23.4. The van der Waals surface area contributed by atoms with E-state index in [1.165, 1.54) is 33.5 Å². The molecule has 0 aliphatic carbocycles. The minimum atomic E-state index is -4.27. The van der Waals surface area contributed by atoms with Gasteiger partial charge in [-0.3, -0.25) is 4.79 Å². The smallest absolute Gasteiger partial charge is 0.340 e. The molecule has 1 aromatic heterocycles. The third-order valence-corrected chi connectivity index (χ3v) is 9.09. The Hall–Kier alpha value is -4.83. The summed E-state index contributed by atoms with van der Waals surface area (Å²) >= 11 is 0. The molecule has 1 aliphatic rings. The minimum absolute atomic E-state index is 0.0127. The number of carbonyl (C=O) groups excluding carboxylic acids is 2. The quantitative estimate of drug-likeness (QED) is 0.254. The lowest BCUT2D eigenvalue weighted by atomic mass is 9.98. The maximum absolute atomic E-state index is 14.3. The molecule has 208 valence electrons. The van der Waals surface area contributed by atoms with Gasteiger partial charge in [0.25, 0.3) is 15.9 Å². The van der Waals surface area contributed by atoms with Crippen molar-refractivity contribution in [2.24, 2.45) is 0 Å². The van der Waals surface area contributed by atoms with E-state index in [9.17, 15) is 18.0 Å². The monoisotopic (exact) mass is 570 g/mol. The van der Waals surface area contributed by atoms with Crippen LogP contribution in [0.1, 0.15) is 31.8 Å². The number of aromatic nitrogens is 1. The minimum Gasteiger partial charge on any atom is -0.497 e. The van der Waals surface area contributed by atoms with Crippen LogP contribution in [-0.4, -0.2) is 50.5 Å². The lowest BCUT2D eigenvalue weighted by Crippen LogP contribution is -2.23. The Morgan fingerprint density at radius 3 is 2.22 bits per heavy atom. The molecule has 9 nitrogen and oxygen atoms in total. The number of carbonyl (C=O) groups is 2. The number of methoxy groups -OCH3 is 3. The molecule has 0 saturated heterocycles. The number of rotatable bonds is 7. The zero-order valence-electron chi connectivity index (χ0n) is 22.6. The summed E-state index contributed by atoms with van der Waals surface area (Å²) in [4.78, 5) is 28.8. The Labute approximate surface area is 236 Å². The molecule has 6 rings (SSSR count). The van der Waals surface area contributed by atoms with Crippen molar-refractivity contribution in [2.45, 2.75) is 18.0 Å². The molecule has 2 heterocycles. The van der Waals surface area contributed by atoms with Gasteiger partial charge >= 0.3 is 5.97 Å². The van der Waals surface area contributed by atoms with Crippen LogP contribution in [-0.2, 0) is 27.8 Å². The van der Waals surface area contributed by atoms with Crippen LogP contribution in [0.5, 0.6) is 11.5 Å². The van der Waals surface area contributed by atoms with Gasteiger partial charge in [0.2, 0.25) is 0 Å². The maximum Gasteiger partial charge on any atom is 0.340 e. The van der Waals surface area contributed by atoms with Crippen molar-refractivity contribution < 1.29 is 32.2 Å². The third kappa shape index (κ3) is 4.18. The van der Waals surface area contributed by atoms with Crippen LogP contribution in [0.4, 0.5) is 0 Å². The fourth-order valence-electron chi connectivity index (χ4n) is 5.45. The lowest BCUT2D eigenvalue weighted by molar-refractivity contribution is 0.0602. The highest BCUT2D eigenvalue weighted by molar-refractivity contribution is 7.90. The van der Waals surface area contributed by atoms with E-state index in [2.05, 4.69) is 0 Å². The summed E-state index contributed by atoms with van der Waals surface area (Å²) in [5, 5.41) is 0.822. The van der Waals surface area contributed by atoms with Gasteiger partial charge in [0, 0.05) is 23.9 Å². The number of amides is 1. The van der Waals surface area contributed by atoms with Crippen molar-refractivity contribution in [3.8, 4) is 11.5 Å². The first-order valence-corrected chi connectivity index (χ1v) is 14.2. The highest BCUT2D eigenvalue weighted by atomic mass is 32.2. The van der Waals surface area contributed by atoms with Crippen molar-refractivity contribution in [1.82, 2.24) is 8.87 Å². The summed E-state index contributed by atoms with van der Waals surface area (Å²) in [6, 6.07) is 22.1. The average Bonchev–Trinajstić information content (AvgIpc) is 3.50. The fourth-order valence-corrected chi connectivity index (χ4v) is 6.98. The number of benzene rings is 4. The molecule has 5 aromatic rings. The van der Waals surface area contributed by atoms with E-state index >= 15 is 0 Å². The van der Waals surface area contributed by atoms with Crippen LogP contribution >= 0.6 is 0 Å². The second kappa shape index (κ2) is 9.97. The van der Waals surface area contributed by atoms with Crippen molar-refractivity contribution in [2.75, 3.05) is 21.3 Å². The van der Waals surface area contributed by atoms with Crippen molar-refractivity contribution in [1.29, 1.82) is 0 Å². The number of nitrogens with zero attached hydrogens (tertiary/aromatic N) is 2. The topological polar surface area (TPSA) is 104 Å². The first-order valence-electron chi connectivity index (χ1n) is 12.8. The number of esters is 1. The van der Waals surface area contributed by atoms with Gasteiger partial charge in [-0.1, -0.05) is 30.3 Å². The van der Waals surface area contributed by atoms with E-state index < -0.39 is 16.0 Å². The summed E-state index contributed by atoms with van der Waals surface area (Å²) in [5.41, 5.74) is 2.33. The second-order valence-corrected chi connectivity index (χ2v) is 11.4. The standard InChI is InChI=1S/C31H26N2O7S/c1-38-21-9-12-23(13-10-21)41(36,37)33-26-14-11-22(39-2)16-24(26)28-27-20(15-25(29(28)33)31(35)40-3)18-32(30(27)34)17-19-7-5-4-6-8-19/h4-16H,17-18H2,1-3H3. The van der Waals surface area contributed by atoms with E-state index in [1.807, 2.05) is 30.3 Å². The molecular weight excluding hydrogens is 544 g/mol. The van der Waals surface area contributed by atoms with Gasteiger partial charge in [-0.05, 0) is 59.7 Å². The first-order chi connectivity index (χ1) is 19.8. The molecular formula is C31H26N2O7S. The Balaban J connectivity index is 1.68. The predicted molar refractivity (Wildman–Crippen MR) is 153 cm³/mol. The molecule has 41 heavy (non-hydrogen) atoms. The van der Waals surface area contributed by atoms with Crippen molar-refractivity contribution in [3.63, 3.8) is 0 Å². The van der Waals surface area contributed by atoms with Gasteiger partial charge in [0.1, 0.15) is 11.5 Å². The molecule has 0 atom stereocenters. The molecule has 10 heteroatoms. The van der Waals surface area contributed by atoms with Crippen molar-refractivity contribution in [3.05, 3.63) is 101 Å². The average molecular weight is 571 g/mol. The van der Waals surface area contributed by atoms with Crippen molar-refractivity contribution >= 4 is 43.7 Å². The van der Waals surface area contributed by atoms with Crippen LogP contribution in [0.25, 0.3) is 21.8 Å². The van der Waals surface area contributed by atoms with Crippen LogP contribution in [0.3, 0.4) is 0 Å². The number of hydrogen-bond donors (Lipinski definition) is 0. The molecule has 0 radical (unpaired) electrons. The SMILES string of the molecule is COC(=O)c1cc2c(c3c4cc(OC)ccc4n(S(=O)(=O)c4ccc(OC)cc4)c13)C(=O)N(Cc1ccccc1)C2. The van der Waals surface area contributed by atoms with Gasteiger partial charge in [-0.15, -0.1) is 0 Å². The molecule has 0 N–H and O–H groups in total. The van der Waals surface area contributed by atoms with Gasteiger partial charge in [-0.2, -0.15) is 0 Å². The fraction of sp³-hybridized carbons (Fsp3) is 0.161. The first kappa shape index (κ1) is 26.4. The summed E-state index contributed by atoms with van der Waals surface area (Å²) in [7, 11) is -0.0320. The van der Waals surface area contributed by atoms with Crippen LogP contribution in [0.15, 0.2) is 83.8 Å². The molecule has 1 aliphatic heterocycles. The molecule has 4 aromatic carbocycles. The molecule has 0 bridgehead atoms.